The first-order chi connectivity index (χ1) is 9.77. The van der Waals surface area contributed by atoms with Crippen molar-refractivity contribution in [2.24, 2.45) is 0 Å². The van der Waals surface area contributed by atoms with Gasteiger partial charge in [0.15, 0.2) is 9.84 Å². The van der Waals surface area contributed by atoms with E-state index in [9.17, 15) is 22.4 Å². The van der Waals surface area contributed by atoms with Crippen molar-refractivity contribution in [3.05, 3.63) is 29.6 Å². The molecule has 0 saturated heterocycles. The quantitative estimate of drug-likeness (QED) is 0.729. The number of carboxylic acid groups (broad SMARTS) is 1. The van der Waals surface area contributed by atoms with Crippen LogP contribution in [0.4, 0.5) is 4.39 Å². The third-order valence-electron chi connectivity index (χ3n) is 2.39. The van der Waals surface area contributed by atoms with Gasteiger partial charge in [0.05, 0.1) is 18.1 Å². The zero-order valence-electron chi connectivity index (χ0n) is 10.7. The van der Waals surface area contributed by atoms with Crippen LogP contribution in [0.1, 0.15) is 16.8 Å². The number of nitrogens with one attached hydrogen (secondary N) is 1. The lowest BCUT2D eigenvalue weighted by atomic mass is 10.2. The number of carbonyl (C=O) groups is 2. The average molecular weight is 314 g/mol. The topological polar surface area (TPSA) is 124 Å². The summed E-state index contributed by atoms with van der Waals surface area (Å²) in [5.74, 6) is -4.49. The van der Waals surface area contributed by atoms with Gasteiger partial charge in [0.25, 0.3) is 0 Å². The van der Waals surface area contributed by atoms with Crippen molar-refractivity contribution in [1.29, 1.82) is 5.26 Å². The highest BCUT2D eigenvalue weighted by atomic mass is 32.2. The van der Waals surface area contributed by atoms with Crippen LogP contribution in [0.15, 0.2) is 23.1 Å². The second kappa shape index (κ2) is 6.81. The molecule has 0 heterocycles. The summed E-state index contributed by atoms with van der Waals surface area (Å²) >= 11 is 0. The smallest absolute Gasteiger partial charge is 0.335 e. The van der Waals surface area contributed by atoms with Crippen molar-refractivity contribution in [3.63, 3.8) is 0 Å². The fourth-order valence-electron chi connectivity index (χ4n) is 1.45. The van der Waals surface area contributed by atoms with Crippen LogP contribution in [0.3, 0.4) is 0 Å². The van der Waals surface area contributed by atoms with E-state index in [1.54, 1.807) is 6.07 Å². The maximum atomic E-state index is 13.6. The molecular weight excluding hydrogens is 303 g/mol. The molecule has 0 radical (unpaired) electrons. The Morgan fingerprint density at radius 1 is 1.38 bits per heavy atom. The summed E-state index contributed by atoms with van der Waals surface area (Å²) < 4.78 is 37.4. The van der Waals surface area contributed by atoms with Crippen molar-refractivity contribution < 1.29 is 27.5 Å². The molecule has 7 nitrogen and oxygen atoms in total. The number of hydrogen-bond acceptors (Lipinski definition) is 5. The monoisotopic (exact) mass is 314 g/mol. The van der Waals surface area contributed by atoms with Crippen LogP contribution in [0.2, 0.25) is 0 Å². The first-order valence-electron chi connectivity index (χ1n) is 5.67. The van der Waals surface area contributed by atoms with E-state index in [1.807, 2.05) is 0 Å². The third kappa shape index (κ3) is 4.54. The van der Waals surface area contributed by atoms with Crippen LogP contribution >= 0.6 is 0 Å². The summed E-state index contributed by atoms with van der Waals surface area (Å²) in [5.41, 5.74) is -0.398. The molecule has 1 amide bonds. The van der Waals surface area contributed by atoms with E-state index in [1.165, 1.54) is 0 Å². The van der Waals surface area contributed by atoms with E-state index in [0.717, 1.165) is 12.1 Å². The Kier molecular flexibility index (Phi) is 5.37. The number of sulfone groups is 1. The Labute approximate surface area is 119 Å². The van der Waals surface area contributed by atoms with Crippen LogP contribution in [0, 0.1) is 17.1 Å². The molecule has 1 aromatic carbocycles. The fourth-order valence-corrected chi connectivity index (χ4v) is 2.68. The molecule has 0 aliphatic carbocycles. The Balaban J connectivity index is 2.91. The summed E-state index contributed by atoms with van der Waals surface area (Å²) in [5, 5.41) is 19.1. The van der Waals surface area contributed by atoms with Crippen molar-refractivity contribution in [2.75, 3.05) is 12.3 Å². The molecule has 0 saturated carbocycles. The number of amides is 1. The number of nitriles is 1. The third-order valence-corrected chi connectivity index (χ3v) is 4.04. The number of carboxylic acids is 1. The molecule has 2 N–H and O–H groups in total. The molecular formula is C12H11FN2O5S. The van der Waals surface area contributed by atoms with E-state index in [2.05, 4.69) is 5.32 Å². The average Bonchev–Trinajstić information content (AvgIpc) is 2.37. The summed E-state index contributed by atoms with van der Waals surface area (Å²) in [6, 6.07) is 4.07. The van der Waals surface area contributed by atoms with Gasteiger partial charge >= 0.3 is 5.97 Å². The van der Waals surface area contributed by atoms with Gasteiger partial charge in [-0.25, -0.2) is 17.6 Å². The first-order valence-corrected chi connectivity index (χ1v) is 7.32. The zero-order valence-corrected chi connectivity index (χ0v) is 11.5. The minimum atomic E-state index is -4.23. The maximum Gasteiger partial charge on any atom is 0.335 e. The predicted molar refractivity (Wildman–Crippen MR) is 68.7 cm³/mol. The molecule has 21 heavy (non-hydrogen) atoms. The van der Waals surface area contributed by atoms with Gasteiger partial charge in [-0.05, 0) is 18.2 Å². The molecule has 9 heteroatoms. The lowest BCUT2D eigenvalue weighted by Crippen LogP contribution is -2.31. The minimum Gasteiger partial charge on any atom is -0.478 e. The second-order valence-electron chi connectivity index (χ2n) is 3.97. The van der Waals surface area contributed by atoms with E-state index >= 15 is 0 Å². The molecule has 0 bridgehead atoms. The SMILES string of the molecule is N#CCCNC(=O)CS(=O)(=O)c1ccc(C(=O)O)cc1F. The van der Waals surface area contributed by atoms with Crippen LogP contribution in [0.5, 0.6) is 0 Å². The van der Waals surface area contributed by atoms with Gasteiger partial charge in [0.1, 0.15) is 16.5 Å². The highest BCUT2D eigenvalue weighted by molar-refractivity contribution is 7.92. The molecule has 0 unspecified atom stereocenters. The normalized spacial score (nSPS) is 10.7. The van der Waals surface area contributed by atoms with Crippen molar-refractivity contribution in [1.82, 2.24) is 5.32 Å². The Morgan fingerprint density at radius 2 is 2.05 bits per heavy atom. The first kappa shape index (κ1) is 16.6. The van der Waals surface area contributed by atoms with Gasteiger partial charge in [-0.1, -0.05) is 0 Å². The van der Waals surface area contributed by atoms with E-state index < -0.39 is 43.7 Å². The number of benzene rings is 1. The van der Waals surface area contributed by atoms with Crippen molar-refractivity contribution >= 4 is 21.7 Å². The van der Waals surface area contributed by atoms with Gasteiger partial charge < -0.3 is 10.4 Å². The van der Waals surface area contributed by atoms with Crippen LogP contribution in [-0.2, 0) is 14.6 Å². The summed E-state index contributed by atoms with van der Waals surface area (Å²) in [4.78, 5) is 21.3. The van der Waals surface area contributed by atoms with Gasteiger partial charge in [-0.3, -0.25) is 4.79 Å². The Morgan fingerprint density at radius 3 is 2.57 bits per heavy atom. The largest absolute Gasteiger partial charge is 0.478 e. The highest BCUT2D eigenvalue weighted by Gasteiger charge is 2.23. The lowest BCUT2D eigenvalue weighted by Gasteiger charge is -2.07. The van der Waals surface area contributed by atoms with Gasteiger partial charge in [-0.2, -0.15) is 5.26 Å². The van der Waals surface area contributed by atoms with E-state index in [-0.39, 0.29) is 13.0 Å². The Bertz CT molecular complexity index is 709. The number of rotatable bonds is 6. The van der Waals surface area contributed by atoms with Crippen LogP contribution in [0.25, 0.3) is 0 Å². The molecule has 0 spiro atoms. The van der Waals surface area contributed by atoms with E-state index in [4.69, 9.17) is 10.4 Å². The van der Waals surface area contributed by atoms with Crippen molar-refractivity contribution in [3.8, 4) is 6.07 Å². The second-order valence-corrected chi connectivity index (χ2v) is 5.93. The number of carbonyl (C=O) groups excluding carboxylic acids is 1. The molecule has 1 rings (SSSR count). The minimum absolute atomic E-state index is 0.00864. The van der Waals surface area contributed by atoms with Gasteiger partial charge in [-0.15, -0.1) is 0 Å². The lowest BCUT2D eigenvalue weighted by molar-refractivity contribution is -0.118. The highest BCUT2D eigenvalue weighted by Crippen LogP contribution is 2.17. The standard InChI is InChI=1S/C12H11FN2O5S/c13-9-6-8(12(17)18)2-3-10(9)21(19,20)7-11(16)15-5-1-4-14/h2-3,6H,1,5,7H2,(H,15,16)(H,17,18). The van der Waals surface area contributed by atoms with Crippen molar-refractivity contribution in [2.45, 2.75) is 11.3 Å². The molecule has 0 aliphatic rings. The Hall–Kier alpha value is -2.47. The van der Waals surface area contributed by atoms with Gasteiger partial charge in [0, 0.05) is 6.54 Å². The number of nitrogens with zero attached hydrogens (tertiary/aromatic N) is 1. The predicted octanol–water partition coefficient (Wildman–Crippen LogP) is 0.327. The molecule has 0 fully saturated rings. The zero-order chi connectivity index (χ0) is 16.0. The molecule has 0 aromatic heterocycles. The van der Waals surface area contributed by atoms with Crippen LogP contribution < -0.4 is 5.32 Å². The summed E-state index contributed by atoms with van der Waals surface area (Å²) in [7, 11) is -4.23. The fraction of sp³-hybridized carbons (Fsp3) is 0.250. The summed E-state index contributed by atoms with van der Waals surface area (Å²) in [6.07, 6.45) is 0.0213. The number of aromatic carboxylic acids is 1. The molecule has 0 atom stereocenters. The molecule has 112 valence electrons. The summed E-state index contributed by atoms with van der Waals surface area (Å²) in [6.45, 7) is -0.00864. The maximum absolute atomic E-state index is 13.6. The number of hydrogen-bond donors (Lipinski definition) is 2. The molecule has 0 aliphatic heterocycles. The van der Waals surface area contributed by atoms with Crippen LogP contribution in [-0.4, -0.2) is 37.7 Å². The van der Waals surface area contributed by atoms with E-state index in [0.29, 0.717) is 6.07 Å². The van der Waals surface area contributed by atoms with Gasteiger partial charge in [0.2, 0.25) is 5.91 Å². The number of halogens is 1. The molecule has 1 aromatic rings.